The summed E-state index contributed by atoms with van der Waals surface area (Å²) in [6.07, 6.45) is 2.45. The average Bonchev–Trinajstić information content (AvgIpc) is 3.10. The molecule has 112 valence electrons. The number of aryl methyl sites for hydroxylation is 1. The highest BCUT2D eigenvalue weighted by molar-refractivity contribution is 7.89. The highest BCUT2D eigenvalue weighted by Gasteiger charge is 2.41. The Kier molecular flexibility index (Phi) is 3.61. The molecule has 1 aromatic heterocycles. The zero-order chi connectivity index (χ0) is 15.0. The number of hydrogen-bond acceptors (Lipinski definition) is 3. The molecule has 2 atom stereocenters. The smallest absolute Gasteiger partial charge is 0.242 e. The predicted molar refractivity (Wildman–Crippen MR) is 81.2 cm³/mol. The number of rotatable bonds is 5. The minimum atomic E-state index is -3.48. The van der Waals surface area contributed by atoms with Gasteiger partial charge in [-0.1, -0.05) is 30.3 Å². The van der Waals surface area contributed by atoms with Gasteiger partial charge in [-0.3, -0.25) is 0 Å². The highest BCUT2D eigenvalue weighted by atomic mass is 32.2. The molecule has 0 saturated heterocycles. The van der Waals surface area contributed by atoms with Crippen LogP contribution in [0.25, 0.3) is 0 Å². The van der Waals surface area contributed by atoms with Gasteiger partial charge in [0.25, 0.3) is 0 Å². The Morgan fingerprint density at radius 3 is 2.67 bits per heavy atom. The number of sulfonamides is 1. The SMILES string of the molecule is Cn1cc(S(=O)(=O)NC2CC2c2ccccc2)cc1CN. The van der Waals surface area contributed by atoms with Gasteiger partial charge >= 0.3 is 0 Å². The molecule has 3 rings (SSSR count). The first kappa shape index (κ1) is 14.3. The van der Waals surface area contributed by atoms with Gasteiger partial charge < -0.3 is 10.3 Å². The monoisotopic (exact) mass is 305 g/mol. The van der Waals surface area contributed by atoms with Gasteiger partial charge in [0, 0.05) is 37.4 Å². The second-order valence-corrected chi connectivity index (χ2v) is 7.18. The fraction of sp³-hybridized carbons (Fsp3) is 0.333. The van der Waals surface area contributed by atoms with Crippen LogP contribution in [-0.2, 0) is 23.6 Å². The molecule has 1 fully saturated rings. The molecule has 0 spiro atoms. The summed E-state index contributed by atoms with van der Waals surface area (Å²) in [5, 5.41) is 0. The van der Waals surface area contributed by atoms with Crippen molar-refractivity contribution in [1.82, 2.24) is 9.29 Å². The van der Waals surface area contributed by atoms with Gasteiger partial charge in [-0.15, -0.1) is 0 Å². The number of hydrogen-bond donors (Lipinski definition) is 2. The summed E-state index contributed by atoms with van der Waals surface area (Å²) in [7, 11) is -1.68. The summed E-state index contributed by atoms with van der Waals surface area (Å²) in [5.74, 6) is 0.277. The van der Waals surface area contributed by atoms with Gasteiger partial charge in [0.05, 0.1) is 4.90 Å². The minimum absolute atomic E-state index is 0.0149. The molecule has 2 unspecified atom stereocenters. The molecule has 1 aromatic carbocycles. The lowest BCUT2D eigenvalue weighted by Gasteiger charge is -2.04. The van der Waals surface area contributed by atoms with Crippen molar-refractivity contribution in [1.29, 1.82) is 0 Å². The predicted octanol–water partition coefficient (Wildman–Crippen LogP) is 1.32. The Morgan fingerprint density at radius 2 is 2.05 bits per heavy atom. The standard InChI is InChI=1S/C15H19N3O2S/c1-18-10-13(7-12(18)9-16)21(19,20)17-15-8-14(15)11-5-3-2-4-6-11/h2-7,10,14-15,17H,8-9,16H2,1H3. The summed E-state index contributed by atoms with van der Waals surface area (Å²) in [4.78, 5) is 0.282. The van der Waals surface area contributed by atoms with Crippen LogP contribution in [-0.4, -0.2) is 19.0 Å². The van der Waals surface area contributed by atoms with Crippen LogP contribution < -0.4 is 10.5 Å². The second kappa shape index (κ2) is 5.29. The fourth-order valence-electron chi connectivity index (χ4n) is 2.59. The third kappa shape index (κ3) is 2.88. The van der Waals surface area contributed by atoms with Crippen molar-refractivity contribution in [3.8, 4) is 0 Å². The van der Waals surface area contributed by atoms with Crippen molar-refractivity contribution in [2.75, 3.05) is 0 Å². The molecule has 6 heteroatoms. The van der Waals surface area contributed by atoms with Crippen LogP contribution in [0.15, 0.2) is 47.5 Å². The molecule has 1 saturated carbocycles. The van der Waals surface area contributed by atoms with Crippen LogP contribution in [0.2, 0.25) is 0 Å². The van der Waals surface area contributed by atoms with Crippen molar-refractivity contribution >= 4 is 10.0 Å². The van der Waals surface area contributed by atoms with Gasteiger partial charge in [-0.05, 0) is 18.1 Å². The van der Waals surface area contributed by atoms with Gasteiger partial charge in [0.2, 0.25) is 10.0 Å². The number of nitrogens with zero attached hydrogens (tertiary/aromatic N) is 1. The van der Waals surface area contributed by atoms with Crippen molar-refractivity contribution < 1.29 is 8.42 Å². The first-order chi connectivity index (χ1) is 10.0. The summed E-state index contributed by atoms with van der Waals surface area (Å²) in [6, 6.07) is 11.6. The molecule has 1 aliphatic rings. The number of nitrogens with two attached hydrogens (primary N) is 1. The molecular formula is C15H19N3O2S. The number of benzene rings is 1. The lowest BCUT2D eigenvalue weighted by molar-refractivity contribution is 0.580. The molecule has 0 radical (unpaired) electrons. The van der Waals surface area contributed by atoms with E-state index in [1.54, 1.807) is 23.9 Å². The van der Waals surface area contributed by atoms with Gasteiger partial charge in [-0.25, -0.2) is 13.1 Å². The van der Waals surface area contributed by atoms with E-state index in [0.717, 1.165) is 12.1 Å². The van der Waals surface area contributed by atoms with E-state index in [1.165, 1.54) is 5.56 Å². The summed E-state index contributed by atoms with van der Waals surface area (Å²) < 4.78 is 29.3. The molecule has 2 aromatic rings. The lowest BCUT2D eigenvalue weighted by atomic mass is 10.1. The van der Waals surface area contributed by atoms with Gasteiger partial charge in [0.15, 0.2) is 0 Å². The minimum Gasteiger partial charge on any atom is -0.352 e. The molecule has 5 nitrogen and oxygen atoms in total. The first-order valence-corrected chi connectivity index (χ1v) is 8.42. The molecule has 1 aliphatic carbocycles. The maximum atomic E-state index is 12.4. The fourth-order valence-corrected chi connectivity index (χ4v) is 3.97. The average molecular weight is 305 g/mol. The Balaban J connectivity index is 1.73. The van der Waals surface area contributed by atoms with Crippen LogP contribution in [0.1, 0.15) is 23.6 Å². The van der Waals surface area contributed by atoms with Gasteiger partial charge in [-0.2, -0.15) is 0 Å². The molecule has 0 amide bonds. The third-order valence-corrected chi connectivity index (χ3v) is 5.38. The van der Waals surface area contributed by atoms with E-state index in [9.17, 15) is 8.42 Å². The maximum absolute atomic E-state index is 12.4. The van der Waals surface area contributed by atoms with Crippen LogP contribution >= 0.6 is 0 Å². The quantitative estimate of drug-likeness (QED) is 0.874. The van der Waals surface area contributed by atoms with Crippen LogP contribution in [0.4, 0.5) is 0 Å². The van der Waals surface area contributed by atoms with Crippen molar-refractivity contribution in [2.45, 2.75) is 29.8 Å². The van der Waals surface area contributed by atoms with E-state index in [2.05, 4.69) is 4.72 Å². The summed E-state index contributed by atoms with van der Waals surface area (Å²) in [6.45, 7) is 0.322. The van der Waals surface area contributed by atoms with E-state index in [4.69, 9.17) is 5.73 Å². The van der Waals surface area contributed by atoms with Gasteiger partial charge in [0.1, 0.15) is 0 Å². The lowest BCUT2D eigenvalue weighted by Crippen LogP contribution is -2.26. The van der Waals surface area contributed by atoms with Crippen LogP contribution in [0.3, 0.4) is 0 Å². The van der Waals surface area contributed by atoms with Crippen LogP contribution in [0, 0.1) is 0 Å². The molecule has 0 aliphatic heterocycles. The van der Waals surface area contributed by atoms with E-state index in [1.807, 2.05) is 30.3 Å². The summed E-state index contributed by atoms with van der Waals surface area (Å²) >= 11 is 0. The Labute approximate surface area is 124 Å². The maximum Gasteiger partial charge on any atom is 0.242 e. The van der Waals surface area contributed by atoms with Crippen molar-refractivity contribution in [2.24, 2.45) is 12.8 Å². The molecular weight excluding hydrogens is 286 g/mol. The zero-order valence-corrected chi connectivity index (χ0v) is 12.7. The van der Waals surface area contributed by atoms with E-state index < -0.39 is 10.0 Å². The Hall–Kier alpha value is -1.63. The topological polar surface area (TPSA) is 77.1 Å². The van der Waals surface area contributed by atoms with Crippen molar-refractivity contribution in [3.05, 3.63) is 53.9 Å². The largest absolute Gasteiger partial charge is 0.352 e. The summed E-state index contributed by atoms with van der Waals surface area (Å²) in [5.41, 5.74) is 7.56. The van der Waals surface area contributed by atoms with Crippen molar-refractivity contribution in [3.63, 3.8) is 0 Å². The third-order valence-electron chi connectivity index (χ3n) is 3.93. The van der Waals surface area contributed by atoms with E-state index >= 15 is 0 Å². The van der Waals surface area contributed by atoms with Crippen LogP contribution in [0.5, 0.6) is 0 Å². The second-order valence-electron chi connectivity index (χ2n) is 5.46. The number of aromatic nitrogens is 1. The first-order valence-electron chi connectivity index (χ1n) is 6.94. The Morgan fingerprint density at radius 1 is 1.33 bits per heavy atom. The molecule has 3 N–H and O–H groups in total. The normalized spacial score (nSPS) is 21.4. The number of nitrogens with one attached hydrogen (secondary N) is 1. The van der Waals surface area contributed by atoms with E-state index in [0.29, 0.717) is 6.54 Å². The molecule has 21 heavy (non-hydrogen) atoms. The molecule has 1 heterocycles. The highest BCUT2D eigenvalue weighted by Crippen LogP contribution is 2.41. The molecule has 0 bridgehead atoms. The zero-order valence-electron chi connectivity index (χ0n) is 11.9. The Bertz CT molecular complexity index is 738. The van der Waals surface area contributed by atoms with E-state index in [-0.39, 0.29) is 16.9 Å².